The first-order chi connectivity index (χ1) is 25.3. The van der Waals surface area contributed by atoms with Crippen molar-refractivity contribution < 1.29 is 38.9 Å². The van der Waals surface area contributed by atoms with Crippen molar-refractivity contribution in [2.24, 2.45) is 0 Å². The highest BCUT2D eigenvalue weighted by molar-refractivity contribution is 6.27. The third-order valence-electron chi connectivity index (χ3n) is 8.76. The van der Waals surface area contributed by atoms with Gasteiger partial charge in [-0.15, -0.1) is 0 Å². The average Bonchev–Trinajstić information content (AvgIpc) is 3.12. The largest absolute Gasteiger partial charge is 0.314 e. The molecular formula is C32H27N9O12. The zero-order valence-corrected chi connectivity index (χ0v) is 27.4. The van der Waals surface area contributed by atoms with Gasteiger partial charge in [-0.05, 0) is 10.8 Å². The Labute approximate surface area is 296 Å². The van der Waals surface area contributed by atoms with E-state index in [1.165, 1.54) is 0 Å². The van der Waals surface area contributed by atoms with Crippen LogP contribution >= 0.6 is 0 Å². The lowest BCUT2D eigenvalue weighted by Gasteiger charge is -2.27. The molecule has 0 aliphatic carbocycles. The molecule has 272 valence electrons. The maximum atomic E-state index is 13.2. The molecule has 0 unspecified atom stereocenters. The number of carbonyl (C=O) groups excluding carboxylic acids is 4. The monoisotopic (exact) mass is 729 g/mol. The van der Waals surface area contributed by atoms with Crippen LogP contribution in [0.2, 0.25) is 0 Å². The highest BCUT2D eigenvalue weighted by atomic mass is 16.6. The number of imide groups is 2. The molecule has 0 bridgehead atoms. The van der Waals surface area contributed by atoms with Gasteiger partial charge in [-0.3, -0.25) is 69.4 Å². The Balaban J connectivity index is 0.962. The van der Waals surface area contributed by atoms with E-state index in [2.05, 4.69) is 16.0 Å². The maximum absolute atomic E-state index is 13.2. The van der Waals surface area contributed by atoms with Crippen molar-refractivity contribution in [3.05, 3.63) is 111 Å². The molecule has 0 saturated heterocycles. The van der Waals surface area contributed by atoms with Crippen LogP contribution in [0.15, 0.2) is 48.5 Å². The van der Waals surface area contributed by atoms with Gasteiger partial charge >= 0.3 is 0 Å². The fraction of sp³-hybridized carbons (Fsp3) is 0.250. The number of nitro groups is 4. The molecule has 0 fully saturated rings. The summed E-state index contributed by atoms with van der Waals surface area (Å²) in [6, 6.07) is 8.53. The predicted molar refractivity (Wildman–Crippen MR) is 184 cm³/mol. The van der Waals surface area contributed by atoms with Gasteiger partial charge in [0.05, 0.1) is 41.9 Å². The van der Waals surface area contributed by atoms with Gasteiger partial charge in [-0.25, -0.2) is 0 Å². The predicted octanol–water partition coefficient (Wildman–Crippen LogP) is 2.29. The second-order valence-corrected chi connectivity index (χ2v) is 12.0. The molecule has 0 atom stereocenters. The first-order valence-electron chi connectivity index (χ1n) is 15.9. The third kappa shape index (κ3) is 6.81. The molecule has 3 N–H and O–H groups in total. The van der Waals surface area contributed by atoms with E-state index in [1.54, 1.807) is 0 Å². The van der Waals surface area contributed by atoms with E-state index in [1.807, 2.05) is 0 Å². The Hall–Kier alpha value is -6.84. The van der Waals surface area contributed by atoms with Crippen LogP contribution in [-0.2, 0) is 0 Å². The normalized spacial score (nSPS) is 13.7. The standard InChI is InChI=1S/C32H27N9O12/c42-29-23-13-19(38(46)47)9-17-10-20(39(48)49)14-24(27(17)23)30(43)36(29)7-5-34-3-1-33-2-4-35-6-8-37-31(44)25-15-21(40(50)51)11-18-12-22(41(52)53)16-26(28(18)25)32(37)45/h9-16,33-35H,1-8H2. The lowest BCUT2D eigenvalue weighted by atomic mass is 9.92. The second-order valence-electron chi connectivity index (χ2n) is 12.0. The molecular weight excluding hydrogens is 702 g/mol. The minimum absolute atomic E-state index is 0.0390. The first-order valence-corrected chi connectivity index (χ1v) is 15.9. The van der Waals surface area contributed by atoms with E-state index in [0.717, 1.165) is 58.3 Å². The van der Waals surface area contributed by atoms with E-state index >= 15 is 0 Å². The molecule has 0 spiro atoms. The molecule has 2 heterocycles. The Kier molecular flexibility index (Phi) is 9.78. The summed E-state index contributed by atoms with van der Waals surface area (Å²) in [6.07, 6.45) is 0. The summed E-state index contributed by atoms with van der Waals surface area (Å²) in [6.45, 7) is 1.79. The highest BCUT2D eigenvalue weighted by Gasteiger charge is 2.37. The molecule has 21 heteroatoms. The molecule has 4 aromatic carbocycles. The van der Waals surface area contributed by atoms with Crippen molar-refractivity contribution in [2.75, 3.05) is 52.4 Å². The number of hydrogen-bond acceptors (Lipinski definition) is 15. The molecule has 6 rings (SSSR count). The fourth-order valence-corrected chi connectivity index (χ4v) is 6.35. The van der Waals surface area contributed by atoms with Gasteiger partial charge in [0.15, 0.2) is 0 Å². The lowest BCUT2D eigenvalue weighted by Crippen LogP contribution is -2.45. The van der Waals surface area contributed by atoms with Crippen LogP contribution in [0.25, 0.3) is 21.5 Å². The number of nitro benzene ring substituents is 4. The molecule has 53 heavy (non-hydrogen) atoms. The van der Waals surface area contributed by atoms with Crippen LogP contribution in [0.1, 0.15) is 41.4 Å². The van der Waals surface area contributed by atoms with E-state index in [9.17, 15) is 59.6 Å². The average molecular weight is 730 g/mol. The molecule has 2 aliphatic rings. The SMILES string of the molecule is O=C1c2cc([N+](=O)[O-])cc3cc([N+](=O)[O-])cc(c23)C(=O)N1CCNCCNCCNCCN1C(=O)c2cc([N+](=O)[O-])cc3cc([N+](=O)[O-])cc(c23)C1=O. The van der Waals surface area contributed by atoms with E-state index < -0.39 is 66.1 Å². The van der Waals surface area contributed by atoms with E-state index in [4.69, 9.17) is 0 Å². The van der Waals surface area contributed by atoms with Gasteiger partial charge in [0.1, 0.15) is 0 Å². The summed E-state index contributed by atoms with van der Waals surface area (Å²) in [7, 11) is 0. The molecule has 21 nitrogen and oxygen atoms in total. The van der Waals surface area contributed by atoms with Crippen molar-refractivity contribution in [1.29, 1.82) is 0 Å². The maximum Gasteiger partial charge on any atom is 0.270 e. The number of nitrogens with one attached hydrogen (secondary N) is 3. The fourth-order valence-electron chi connectivity index (χ4n) is 6.35. The van der Waals surface area contributed by atoms with Gasteiger partial charge in [0.25, 0.3) is 46.4 Å². The van der Waals surface area contributed by atoms with Gasteiger partial charge < -0.3 is 16.0 Å². The summed E-state index contributed by atoms with van der Waals surface area (Å²) in [5.41, 5.74) is -2.18. The lowest BCUT2D eigenvalue weighted by molar-refractivity contribution is -0.385. The topological polar surface area (TPSA) is 283 Å². The zero-order chi connectivity index (χ0) is 38.1. The summed E-state index contributed by atoms with van der Waals surface area (Å²) in [4.78, 5) is 97.6. The molecule has 4 amide bonds. The van der Waals surface area contributed by atoms with E-state index in [0.29, 0.717) is 26.2 Å². The van der Waals surface area contributed by atoms with Gasteiger partial charge in [-0.2, -0.15) is 0 Å². The van der Waals surface area contributed by atoms with Crippen LogP contribution in [-0.4, -0.2) is 105 Å². The van der Waals surface area contributed by atoms with Gasteiger partial charge in [0, 0.05) is 112 Å². The summed E-state index contributed by atoms with van der Waals surface area (Å²) in [5, 5.41) is 55.4. The smallest absolute Gasteiger partial charge is 0.270 e. The van der Waals surface area contributed by atoms with Gasteiger partial charge in [0.2, 0.25) is 0 Å². The van der Waals surface area contributed by atoms with E-state index in [-0.39, 0.29) is 70.0 Å². The number of hydrogen-bond donors (Lipinski definition) is 3. The number of benzene rings is 4. The first kappa shape index (κ1) is 36.0. The van der Waals surface area contributed by atoms with Crippen molar-refractivity contribution in [3.8, 4) is 0 Å². The number of nitrogens with zero attached hydrogens (tertiary/aromatic N) is 6. The second kappa shape index (κ2) is 14.4. The Bertz CT molecular complexity index is 2010. The van der Waals surface area contributed by atoms with Crippen molar-refractivity contribution in [1.82, 2.24) is 25.8 Å². The minimum atomic E-state index is -0.757. The third-order valence-corrected chi connectivity index (χ3v) is 8.76. The highest BCUT2D eigenvalue weighted by Crippen LogP contribution is 2.37. The molecule has 4 aromatic rings. The summed E-state index contributed by atoms with van der Waals surface area (Å²) in [5.74, 6) is -3.03. The molecule has 2 aliphatic heterocycles. The van der Waals surface area contributed by atoms with Crippen molar-refractivity contribution >= 4 is 67.9 Å². The number of non-ortho nitro benzene ring substituents is 4. The molecule has 0 aromatic heterocycles. The van der Waals surface area contributed by atoms with Crippen molar-refractivity contribution in [3.63, 3.8) is 0 Å². The van der Waals surface area contributed by atoms with Crippen LogP contribution in [0.5, 0.6) is 0 Å². The van der Waals surface area contributed by atoms with Gasteiger partial charge in [-0.1, -0.05) is 0 Å². The Morgan fingerprint density at radius 3 is 0.906 bits per heavy atom. The Morgan fingerprint density at radius 1 is 0.415 bits per heavy atom. The van der Waals surface area contributed by atoms with Crippen LogP contribution in [0.3, 0.4) is 0 Å². The van der Waals surface area contributed by atoms with Crippen molar-refractivity contribution in [2.45, 2.75) is 0 Å². The number of carbonyl (C=O) groups is 4. The zero-order valence-electron chi connectivity index (χ0n) is 27.4. The van der Waals surface area contributed by atoms with Crippen LogP contribution < -0.4 is 16.0 Å². The molecule has 0 radical (unpaired) electrons. The summed E-state index contributed by atoms with van der Waals surface area (Å²) < 4.78 is 0. The summed E-state index contributed by atoms with van der Waals surface area (Å²) >= 11 is 0. The van der Waals surface area contributed by atoms with Crippen LogP contribution in [0, 0.1) is 40.5 Å². The number of rotatable bonds is 16. The quantitative estimate of drug-likeness (QED) is 0.0645. The minimum Gasteiger partial charge on any atom is -0.314 e. The molecule has 0 saturated carbocycles. The van der Waals surface area contributed by atoms with Crippen LogP contribution in [0.4, 0.5) is 22.7 Å². The number of amides is 4. The Morgan fingerprint density at radius 2 is 0.660 bits per heavy atom.